The monoisotopic (exact) mass is 347 g/mol. The van der Waals surface area contributed by atoms with Crippen molar-refractivity contribution in [2.24, 2.45) is 0 Å². The van der Waals surface area contributed by atoms with E-state index < -0.39 is 12.1 Å². The second-order valence-electron chi connectivity index (χ2n) is 5.83. The van der Waals surface area contributed by atoms with Gasteiger partial charge < -0.3 is 19.2 Å². The number of benzene rings is 1. The second-order valence-corrected chi connectivity index (χ2v) is 5.83. The van der Waals surface area contributed by atoms with Crippen LogP contribution in [0.5, 0.6) is 5.75 Å². The Morgan fingerprint density at radius 2 is 2.20 bits per heavy atom. The molecule has 2 amide bonds. The van der Waals surface area contributed by atoms with Crippen molar-refractivity contribution in [3.8, 4) is 5.75 Å². The molecule has 1 atom stereocenters. The molecule has 2 heterocycles. The van der Waals surface area contributed by atoms with Gasteiger partial charge in [0.2, 0.25) is 11.8 Å². The smallest absolute Gasteiger partial charge is 0.410 e. The van der Waals surface area contributed by atoms with Crippen LogP contribution >= 0.6 is 0 Å². The lowest BCUT2D eigenvalue weighted by atomic mass is 10.0. The number of oxazole rings is 1. The summed E-state index contributed by atoms with van der Waals surface area (Å²) in [6.45, 7) is 0.675. The molecule has 0 spiro atoms. The Hall–Kier alpha value is -2.77. The fourth-order valence-electron chi connectivity index (χ4n) is 2.98. The van der Waals surface area contributed by atoms with Crippen LogP contribution in [0.3, 0.4) is 0 Å². The Bertz CT molecular complexity index is 773. The Kier molecular flexibility index (Phi) is 5.06. The van der Waals surface area contributed by atoms with E-state index in [1.807, 2.05) is 0 Å². The first-order chi connectivity index (χ1) is 12.1. The van der Waals surface area contributed by atoms with Crippen LogP contribution < -0.4 is 10.1 Å². The fraction of sp³-hybridized carbons (Fsp3) is 0.471. The van der Waals surface area contributed by atoms with Gasteiger partial charge in [-0.3, -0.25) is 9.69 Å². The minimum Gasteiger partial charge on any atom is -0.497 e. The molecule has 1 aliphatic heterocycles. The second kappa shape index (κ2) is 7.42. The number of likely N-dealkylation sites (tertiary alicyclic amines) is 1. The third-order valence-electron chi connectivity index (χ3n) is 4.27. The number of carbonyl (C=O) groups excluding carboxylic acids is 2. The molecule has 25 heavy (non-hydrogen) atoms. The third-order valence-corrected chi connectivity index (χ3v) is 4.27. The molecular formula is C17H21N3O5. The minimum absolute atomic E-state index is 0.154. The number of rotatable bonds is 4. The predicted molar refractivity (Wildman–Crippen MR) is 89.2 cm³/mol. The average Bonchev–Trinajstić information content (AvgIpc) is 3.07. The van der Waals surface area contributed by atoms with Crippen molar-refractivity contribution in [3.63, 3.8) is 0 Å². The summed E-state index contributed by atoms with van der Waals surface area (Å²) in [4.78, 5) is 30.1. The number of piperidine rings is 1. The van der Waals surface area contributed by atoms with E-state index in [1.54, 1.807) is 25.3 Å². The maximum absolute atomic E-state index is 12.5. The third kappa shape index (κ3) is 3.67. The van der Waals surface area contributed by atoms with Gasteiger partial charge in [0, 0.05) is 12.6 Å². The molecule has 0 bridgehead atoms. The van der Waals surface area contributed by atoms with Gasteiger partial charge in [0.25, 0.3) is 0 Å². The van der Waals surface area contributed by atoms with Crippen LogP contribution in [0.15, 0.2) is 22.6 Å². The van der Waals surface area contributed by atoms with E-state index in [1.165, 1.54) is 12.0 Å². The number of hydrogen-bond donors (Lipinski definition) is 1. The van der Waals surface area contributed by atoms with Crippen LogP contribution in [0.4, 0.5) is 4.79 Å². The van der Waals surface area contributed by atoms with E-state index in [9.17, 15) is 9.59 Å². The summed E-state index contributed by atoms with van der Waals surface area (Å²) < 4.78 is 15.5. The summed E-state index contributed by atoms with van der Waals surface area (Å²) in [5.74, 6) is 0.856. The van der Waals surface area contributed by atoms with Gasteiger partial charge in [-0.2, -0.15) is 0 Å². The highest BCUT2D eigenvalue weighted by Crippen LogP contribution is 2.22. The molecule has 1 saturated heterocycles. The number of aromatic nitrogens is 1. The van der Waals surface area contributed by atoms with Crippen molar-refractivity contribution in [1.82, 2.24) is 15.2 Å². The van der Waals surface area contributed by atoms with Gasteiger partial charge in [-0.05, 0) is 31.4 Å². The van der Waals surface area contributed by atoms with Crippen LogP contribution in [-0.2, 0) is 16.1 Å². The highest BCUT2D eigenvalue weighted by atomic mass is 16.5. The largest absolute Gasteiger partial charge is 0.497 e. The molecule has 3 rings (SSSR count). The zero-order chi connectivity index (χ0) is 17.8. The lowest BCUT2D eigenvalue weighted by molar-refractivity contribution is -0.127. The Balaban J connectivity index is 1.65. The van der Waals surface area contributed by atoms with E-state index in [0.29, 0.717) is 35.7 Å². The summed E-state index contributed by atoms with van der Waals surface area (Å²) in [5.41, 5.74) is 1.29. The van der Waals surface area contributed by atoms with Crippen molar-refractivity contribution < 1.29 is 23.5 Å². The lowest BCUT2D eigenvalue weighted by Crippen LogP contribution is -2.51. The molecule has 0 unspecified atom stereocenters. The van der Waals surface area contributed by atoms with Crippen molar-refractivity contribution >= 4 is 23.1 Å². The molecule has 1 aromatic carbocycles. The van der Waals surface area contributed by atoms with Gasteiger partial charge in [-0.25, -0.2) is 9.78 Å². The SMILES string of the molecule is COC(=O)N1CCCC[C@H]1C(=O)NCc1nc2cc(OC)ccc2o1. The Labute approximate surface area is 145 Å². The summed E-state index contributed by atoms with van der Waals surface area (Å²) in [6, 6.07) is 4.80. The van der Waals surface area contributed by atoms with Gasteiger partial charge in [0.05, 0.1) is 20.8 Å². The molecule has 0 radical (unpaired) electrons. The molecule has 0 saturated carbocycles. The number of nitrogens with one attached hydrogen (secondary N) is 1. The average molecular weight is 347 g/mol. The molecule has 0 aliphatic carbocycles. The number of fused-ring (bicyclic) bond motifs is 1. The first-order valence-electron chi connectivity index (χ1n) is 8.18. The van der Waals surface area contributed by atoms with Crippen molar-refractivity contribution in [2.45, 2.75) is 31.8 Å². The molecule has 134 valence electrons. The van der Waals surface area contributed by atoms with Crippen LogP contribution in [0.25, 0.3) is 11.1 Å². The predicted octanol–water partition coefficient (Wildman–Crippen LogP) is 2.07. The molecule has 1 N–H and O–H groups in total. The highest BCUT2D eigenvalue weighted by Gasteiger charge is 2.32. The van der Waals surface area contributed by atoms with Gasteiger partial charge >= 0.3 is 6.09 Å². The van der Waals surface area contributed by atoms with Gasteiger partial charge in [-0.1, -0.05) is 0 Å². The number of methoxy groups -OCH3 is 2. The fourth-order valence-corrected chi connectivity index (χ4v) is 2.98. The maximum atomic E-state index is 12.5. The summed E-state index contributed by atoms with van der Waals surface area (Å²) in [5, 5.41) is 2.79. The quantitative estimate of drug-likeness (QED) is 0.910. The normalized spacial score (nSPS) is 17.4. The van der Waals surface area contributed by atoms with Crippen LogP contribution in [-0.4, -0.2) is 48.7 Å². The highest BCUT2D eigenvalue weighted by molar-refractivity contribution is 5.85. The van der Waals surface area contributed by atoms with Crippen molar-refractivity contribution in [2.75, 3.05) is 20.8 Å². The zero-order valence-electron chi connectivity index (χ0n) is 14.3. The van der Waals surface area contributed by atoms with Gasteiger partial charge in [0.15, 0.2) is 5.58 Å². The molecule has 1 aliphatic rings. The minimum atomic E-state index is -0.523. The molecule has 1 aromatic heterocycles. The first-order valence-corrected chi connectivity index (χ1v) is 8.18. The van der Waals surface area contributed by atoms with Gasteiger partial charge in [0.1, 0.15) is 17.3 Å². The Morgan fingerprint density at radius 3 is 2.96 bits per heavy atom. The Morgan fingerprint density at radius 1 is 1.36 bits per heavy atom. The molecule has 8 nitrogen and oxygen atoms in total. The zero-order valence-corrected chi connectivity index (χ0v) is 14.3. The van der Waals surface area contributed by atoms with Crippen LogP contribution in [0, 0.1) is 0 Å². The van der Waals surface area contributed by atoms with Gasteiger partial charge in [-0.15, -0.1) is 0 Å². The number of carbonyl (C=O) groups is 2. The summed E-state index contributed by atoms with van der Waals surface area (Å²) in [7, 11) is 2.90. The number of amides is 2. The van der Waals surface area contributed by atoms with Crippen molar-refractivity contribution in [3.05, 3.63) is 24.1 Å². The number of nitrogens with zero attached hydrogens (tertiary/aromatic N) is 2. The topological polar surface area (TPSA) is 93.9 Å². The summed E-state index contributed by atoms with van der Waals surface area (Å²) in [6.07, 6.45) is 1.90. The lowest BCUT2D eigenvalue weighted by Gasteiger charge is -2.33. The van der Waals surface area contributed by atoms with E-state index >= 15 is 0 Å². The van der Waals surface area contributed by atoms with E-state index in [-0.39, 0.29) is 12.5 Å². The molecule has 2 aromatic rings. The molecular weight excluding hydrogens is 326 g/mol. The number of hydrogen-bond acceptors (Lipinski definition) is 6. The van der Waals surface area contributed by atoms with E-state index in [2.05, 4.69) is 10.3 Å². The first kappa shape index (κ1) is 17.1. The standard InChI is InChI=1S/C17H21N3O5/c1-23-11-6-7-14-12(9-11)19-15(25-14)10-18-16(21)13-5-3-4-8-20(13)17(22)24-2/h6-7,9,13H,3-5,8,10H2,1-2H3,(H,18,21)/t13-/m0/s1. The molecule has 8 heteroatoms. The van der Waals surface area contributed by atoms with Crippen LogP contribution in [0.2, 0.25) is 0 Å². The van der Waals surface area contributed by atoms with E-state index in [4.69, 9.17) is 13.9 Å². The number of ether oxygens (including phenoxy) is 2. The van der Waals surface area contributed by atoms with Crippen LogP contribution in [0.1, 0.15) is 25.2 Å². The summed E-state index contributed by atoms with van der Waals surface area (Å²) >= 11 is 0. The van der Waals surface area contributed by atoms with E-state index in [0.717, 1.165) is 12.8 Å². The van der Waals surface area contributed by atoms with Crippen molar-refractivity contribution in [1.29, 1.82) is 0 Å². The molecule has 1 fully saturated rings. The maximum Gasteiger partial charge on any atom is 0.410 e.